The van der Waals surface area contributed by atoms with Gasteiger partial charge in [-0.05, 0) is 30.7 Å². The molecule has 0 spiro atoms. The molecule has 1 aromatic heterocycles. The van der Waals surface area contributed by atoms with Gasteiger partial charge in [-0.2, -0.15) is 0 Å². The summed E-state index contributed by atoms with van der Waals surface area (Å²) in [5.41, 5.74) is 1.89. The van der Waals surface area contributed by atoms with E-state index < -0.39 is 0 Å². The first kappa shape index (κ1) is 11.6. The number of thiophene rings is 1. The average molecular weight is 295 g/mol. The van der Waals surface area contributed by atoms with Crippen LogP contribution in [0.25, 0.3) is 10.4 Å². The van der Waals surface area contributed by atoms with E-state index in [9.17, 15) is 4.79 Å². The Balaban J connectivity index is 2.40. The Morgan fingerprint density at radius 1 is 1.31 bits per heavy atom. The fraction of sp³-hybridized carbons (Fsp3) is 0.154. The number of rotatable bonds is 3. The third kappa shape index (κ3) is 2.42. The zero-order valence-electron chi connectivity index (χ0n) is 8.87. The van der Waals surface area contributed by atoms with Crippen molar-refractivity contribution in [1.82, 2.24) is 0 Å². The molecule has 1 heterocycles. The van der Waals surface area contributed by atoms with Crippen LogP contribution in [0.5, 0.6) is 0 Å². The molecule has 2 rings (SSSR count). The summed E-state index contributed by atoms with van der Waals surface area (Å²) in [5.74, 6) is 0.110. The lowest BCUT2D eigenvalue weighted by atomic mass is 10.1. The fourth-order valence-electron chi connectivity index (χ4n) is 1.50. The van der Waals surface area contributed by atoms with Gasteiger partial charge >= 0.3 is 0 Å². The van der Waals surface area contributed by atoms with Gasteiger partial charge in [0, 0.05) is 20.6 Å². The maximum absolute atomic E-state index is 11.3. The predicted molar refractivity (Wildman–Crippen MR) is 72.4 cm³/mol. The van der Waals surface area contributed by atoms with Crippen LogP contribution in [0.3, 0.4) is 0 Å². The Kier molecular flexibility index (Phi) is 3.56. The number of carbonyl (C=O) groups is 1. The molecule has 0 saturated heterocycles. The van der Waals surface area contributed by atoms with Crippen molar-refractivity contribution >= 4 is 33.0 Å². The molecular formula is C13H11BrOS. The smallest absolute Gasteiger partial charge is 0.159 e. The van der Waals surface area contributed by atoms with Gasteiger partial charge in [0.1, 0.15) is 0 Å². The second-order valence-electron chi connectivity index (χ2n) is 3.54. The van der Waals surface area contributed by atoms with Crippen molar-refractivity contribution in [3.63, 3.8) is 0 Å². The zero-order valence-corrected chi connectivity index (χ0v) is 11.3. The van der Waals surface area contributed by atoms with E-state index in [1.165, 1.54) is 9.75 Å². The highest BCUT2D eigenvalue weighted by Gasteiger charge is 2.04. The first-order chi connectivity index (χ1) is 7.70. The Labute approximate surface area is 107 Å². The third-order valence-corrected chi connectivity index (χ3v) is 4.46. The van der Waals surface area contributed by atoms with Crippen LogP contribution in [0.4, 0.5) is 0 Å². The van der Waals surface area contributed by atoms with E-state index in [0.29, 0.717) is 0 Å². The molecule has 0 amide bonds. The minimum atomic E-state index is 0.110. The summed E-state index contributed by atoms with van der Waals surface area (Å²) in [6, 6.07) is 12.0. The van der Waals surface area contributed by atoms with Crippen LogP contribution in [-0.4, -0.2) is 5.78 Å². The number of alkyl halides is 1. The highest BCUT2D eigenvalue weighted by molar-refractivity contribution is 9.08. The van der Waals surface area contributed by atoms with Gasteiger partial charge in [0.05, 0.1) is 0 Å². The van der Waals surface area contributed by atoms with Crippen LogP contribution in [0, 0.1) is 0 Å². The average Bonchev–Trinajstić information content (AvgIpc) is 2.77. The molecule has 0 unspecified atom stereocenters. The van der Waals surface area contributed by atoms with Crippen molar-refractivity contribution in [3.8, 4) is 10.4 Å². The molecule has 0 aliphatic carbocycles. The van der Waals surface area contributed by atoms with Crippen molar-refractivity contribution in [2.24, 2.45) is 0 Å². The van der Waals surface area contributed by atoms with Crippen molar-refractivity contribution in [3.05, 3.63) is 46.8 Å². The van der Waals surface area contributed by atoms with Crippen LogP contribution in [0.2, 0.25) is 0 Å². The molecule has 0 fully saturated rings. The summed E-state index contributed by atoms with van der Waals surface area (Å²) >= 11 is 5.19. The topological polar surface area (TPSA) is 17.1 Å². The summed E-state index contributed by atoms with van der Waals surface area (Å²) in [4.78, 5) is 13.8. The van der Waals surface area contributed by atoms with Gasteiger partial charge in [-0.1, -0.05) is 34.1 Å². The van der Waals surface area contributed by atoms with Gasteiger partial charge in [0.15, 0.2) is 5.78 Å². The third-order valence-electron chi connectivity index (χ3n) is 2.35. The summed E-state index contributed by atoms with van der Waals surface area (Å²) in [6.07, 6.45) is 0. The van der Waals surface area contributed by atoms with Crippen LogP contribution in [0.1, 0.15) is 22.2 Å². The zero-order chi connectivity index (χ0) is 11.5. The van der Waals surface area contributed by atoms with Crippen molar-refractivity contribution in [1.29, 1.82) is 0 Å². The van der Waals surface area contributed by atoms with Gasteiger partial charge < -0.3 is 0 Å². The van der Waals surface area contributed by atoms with Crippen LogP contribution >= 0.6 is 27.3 Å². The molecule has 2 aromatic rings. The Hall–Kier alpha value is -0.930. The first-order valence-corrected chi connectivity index (χ1v) is 6.90. The predicted octanol–water partition coefficient (Wildman–Crippen LogP) is 4.51. The molecule has 16 heavy (non-hydrogen) atoms. The lowest BCUT2D eigenvalue weighted by Crippen LogP contribution is -1.90. The lowest BCUT2D eigenvalue weighted by Gasteiger charge is -2.00. The molecule has 0 aliphatic rings. The molecule has 3 heteroatoms. The summed E-state index contributed by atoms with van der Waals surface area (Å²) < 4.78 is 0. The minimum Gasteiger partial charge on any atom is -0.295 e. The lowest BCUT2D eigenvalue weighted by molar-refractivity contribution is 0.101. The second kappa shape index (κ2) is 4.93. The highest BCUT2D eigenvalue weighted by atomic mass is 79.9. The van der Waals surface area contributed by atoms with E-state index in [2.05, 4.69) is 28.1 Å². The van der Waals surface area contributed by atoms with E-state index in [0.717, 1.165) is 16.5 Å². The van der Waals surface area contributed by atoms with Gasteiger partial charge in [0.2, 0.25) is 0 Å². The standard InChI is InChI=1S/C13H11BrOS/c1-9(15)10-3-2-4-11(7-10)13-6-5-12(8-14)16-13/h2-7H,8H2,1H3. The number of hydrogen-bond donors (Lipinski definition) is 0. The number of carbonyl (C=O) groups excluding carboxylic acids is 1. The molecular weight excluding hydrogens is 284 g/mol. The molecule has 1 nitrogen and oxygen atoms in total. The van der Waals surface area contributed by atoms with E-state index in [4.69, 9.17) is 0 Å². The van der Waals surface area contributed by atoms with Crippen LogP contribution < -0.4 is 0 Å². The maximum atomic E-state index is 11.3. The summed E-state index contributed by atoms with van der Waals surface area (Å²) in [6.45, 7) is 1.59. The van der Waals surface area contributed by atoms with Crippen molar-refractivity contribution in [2.45, 2.75) is 12.3 Å². The number of hydrogen-bond acceptors (Lipinski definition) is 2. The van der Waals surface area contributed by atoms with Gasteiger partial charge in [-0.3, -0.25) is 4.79 Å². The monoisotopic (exact) mass is 294 g/mol. The number of Topliss-reactive ketones (excluding diaryl/α,β-unsaturated/α-hetero) is 1. The SMILES string of the molecule is CC(=O)c1cccc(-c2ccc(CBr)s2)c1. The van der Waals surface area contributed by atoms with Gasteiger partial charge in [-0.25, -0.2) is 0 Å². The van der Waals surface area contributed by atoms with Gasteiger partial charge in [-0.15, -0.1) is 11.3 Å². The second-order valence-corrected chi connectivity index (χ2v) is 5.27. The molecule has 0 N–H and O–H groups in total. The highest BCUT2D eigenvalue weighted by Crippen LogP contribution is 2.29. The van der Waals surface area contributed by atoms with Crippen LogP contribution in [-0.2, 0) is 5.33 Å². The number of halogens is 1. The van der Waals surface area contributed by atoms with Crippen molar-refractivity contribution in [2.75, 3.05) is 0 Å². The van der Waals surface area contributed by atoms with E-state index in [1.54, 1.807) is 18.3 Å². The van der Waals surface area contributed by atoms with E-state index in [-0.39, 0.29) is 5.78 Å². The van der Waals surface area contributed by atoms with E-state index >= 15 is 0 Å². The molecule has 0 aliphatic heterocycles. The molecule has 1 aromatic carbocycles. The molecule has 0 bridgehead atoms. The summed E-state index contributed by atoms with van der Waals surface area (Å²) in [5, 5.41) is 0.879. The minimum absolute atomic E-state index is 0.110. The molecule has 82 valence electrons. The number of ketones is 1. The Morgan fingerprint density at radius 2 is 2.12 bits per heavy atom. The first-order valence-electron chi connectivity index (χ1n) is 4.97. The fourth-order valence-corrected chi connectivity index (χ4v) is 2.88. The van der Waals surface area contributed by atoms with Crippen LogP contribution in [0.15, 0.2) is 36.4 Å². The van der Waals surface area contributed by atoms with Gasteiger partial charge in [0.25, 0.3) is 0 Å². The van der Waals surface area contributed by atoms with E-state index in [1.807, 2.05) is 24.3 Å². The van der Waals surface area contributed by atoms with Crippen molar-refractivity contribution < 1.29 is 4.79 Å². The number of benzene rings is 1. The maximum Gasteiger partial charge on any atom is 0.159 e. The largest absolute Gasteiger partial charge is 0.295 e. The Bertz CT molecular complexity index is 516. The molecule has 0 radical (unpaired) electrons. The molecule has 0 saturated carbocycles. The normalized spacial score (nSPS) is 10.4. The molecule has 0 atom stereocenters. The Morgan fingerprint density at radius 3 is 2.75 bits per heavy atom. The summed E-state index contributed by atoms with van der Waals surface area (Å²) in [7, 11) is 0. The quantitative estimate of drug-likeness (QED) is 0.601.